The highest BCUT2D eigenvalue weighted by Crippen LogP contribution is 2.27. The number of carbonyl (C=O) groups excluding carboxylic acids is 3. The van der Waals surface area contributed by atoms with E-state index < -0.39 is 17.9 Å². The monoisotopic (exact) mass is 573 g/mol. The number of rotatable bonds is 11. The number of carbonyl (C=O) groups is 3. The van der Waals surface area contributed by atoms with Crippen LogP contribution in [0.4, 0.5) is 0 Å². The summed E-state index contributed by atoms with van der Waals surface area (Å²) in [5.41, 5.74) is 7.81. The van der Waals surface area contributed by atoms with E-state index in [2.05, 4.69) is 10.6 Å². The minimum Gasteiger partial charge on any atom is -0.384 e. The Labute approximate surface area is 240 Å². The minimum absolute atomic E-state index is 0.00219. The van der Waals surface area contributed by atoms with Crippen LogP contribution in [0.1, 0.15) is 48.8 Å². The molecule has 3 amide bonds. The number of nitrogens with two attached hydrogens (primary N) is 1. The lowest BCUT2D eigenvalue weighted by Crippen LogP contribution is -2.54. The van der Waals surface area contributed by atoms with Crippen LogP contribution in [0.15, 0.2) is 42.5 Å². The Morgan fingerprint density at radius 1 is 0.974 bits per heavy atom. The topological polar surface area (TPSA) is 128 Å². The fraction of sp³-hybridized carbons (Fsp3) is 0.448. The molecule has 10 heteroatoms. The number of nitrogens with zero attached hydrogens (tertiary/aromatic N) is 1. The van der Waals surface area contributed by atoms with Gasteiger partial charge >= 0.3 is 0 Å². The van der Waals surface area contributed by atoms with Gasteiger partial charge in [-0.25, -0.2) is 0 Å². The third kappa shape index (κ3) is 8.70. The summed E-state index contributed by atoms with van der Waals surface area (Å²) in [6, 6.07) is 11.5. The number of nitrogen functional groups attached to an aromatic ring is 1. The third-order valence-electron chi connectivity index (χ3n) is 7.16. The Morgan fingerprint density at radius 2 is 1.62 bits per heavy atom. The molecule has 1 unspecified atom stereocenters. The number of nitrogens with one attached hydrogen (secondary N) is 3. The molecule has 0 spiro atoms. The van der Waals surface area contributed by atoms with E-state index in [4.69, 9.17) is 34.3 Å². The Bertz CT molecular complexity index is 1180. The molecule has 2 aromatic rings. The van der Waals surface area contributed by atoms with Gasteiger partial charge in [0.05, 0.1) is 10.0 Å². The SMILES string of the molecule is CN(C)C(=O)C(Cc1ccc(C(=N)N)cc1)C(=O)N[C@H](C(=O)NCCc1ccc(Cl)c(Cl)c1)C1CCCCC1. The van der Waals surface area contributed by atoms with Gasteiger partial charge in [0.15, 0.2) is 0 Å². The lowest BCUT2D eigenvalue weighted by atomic mass is 9.83. The van der Waals surface area contributed by atoms with E-state index in [1.165, 1.54) is 4.90 Å². The second-order valence-electron chi connectivity index (χ2n) is 10.3. The van der Waals surface area contributed by atoms with Gasteiger partial charge in [-0.15, -0.1) is 0 Å². The van der Waals surface area contributed by atoms with Crippen molar-refractivity contribution < 1.29 is 14.4 Å². The number of benzene rings is 2. The van der Waals surface area contributed by atoms with Crippen molar-refractivity contribution in [2.45, 2.75) is 51.0 Å². The third-order valence-corrected chi connectivity index (χ3v) is 7.90. The molecule has 5 N–H and O–H groups in total. The van der Waals surface area contributed by atoms with Gasteiger partial charge in [0.2, 0.25) is 17.7 Å². The molecular weight excluding hydrogens is 537 g/mol. The zero-order valence-corrected chi connectivity index (χ0v) is 23.9. The Morgan fingerprint density at radius 3 is 2.21 bits per heavy atom. The van der Waals surface area contributed by atoms with Gasteiger partial charge in [0, 0.05) is 26.2 Å². The van der Waals surface area contributed by atoms with Crippen LogP contribution >= 0.6 is 23.2 Å². The minimum atomic E-state index is -1.00. The maximum absolute atomic E-state index is 13.6. The predicted octanol–water partition coefficient (Wildman–Crippen LogP) is 3.95. The molecule has 2 aromatic carbocycles. The summed E-state index contributed by atoms with van der Waals surface area (Å²) in [7, 11) is 3.21. The lowest BCUT2D eigenvalue weighted by Gasteiger charge is -2.31. The van der Waals surface area contributed by atoms with Crippen LogP contribution in [-0.2, 0) is 27.2 Å². The first-order valence-corrected chi connectivity index (χ1v) is 14.0. The fourth-order valence-corrected chi connectivity index (χ4v) is 5.23. The van der Waals surface area contributed by atoms with Crippen molar-refractivity contribution in [3.63, 3.8) is 0 Å². The zero-order chi connectivity index (χ0) is 28.5. The first kappa shape index (κ1) is 30.4. The number of amides is 3. The fourth-order valence-electron chi connectivity index (χ4n) is 4.91. The van der Waals surface area contributed by atoms with Crippen LogP contribution in [0.5, 0.6) is 0 Å². The largest absolute Gasteiger partial charge is 0.384 e. The second kappa shape index (κ2) is 14.3. The predicted molar refractivity (Wildman–Crippen MR) is 155 cm³/mol. The summed E-state index contributed by atoms with van der Waals surface area (Å²) >= 11 is 12.1. The molecule has 0 radical (unpaired) electrons. The number of halogens is 2. The maximum atomic E-state index is 13.6. The normalized spacial score (nSPS) is 15.2. The number of hydrogen-bond acceptors (Lipinski definition) is 4. The molecule has 0 aromatic heterocycles. The lowest BCUT2D eigenvalue weighted by molar-refractivity contribution is -0.142. The molecule has 1 aliphatic rings. The van der Waals surface area contributed by atoms with Crippen LogP contribution in [-0.4, -0.2) is 55.1 Å². The molecule has 1 aliphatic carbocycles. The second-order valence-corrected chi connectivity index (χ2v) is 11.1. The van der Waals surface area contributed by atoms with Gasteiger partial charge in [-0.1, -0.05) is 72.8 Å². The molecule has 0 bridgehead atoms. The summed E-state index contributed by atoms with van der Waals surface area (Å²) in [5.74, 6) is -2.13. The van der Waals surface area contributed by atoms with Crippen molar-refractivity contribution in [1.29, 1.82) is 5.41 Å². The van der Waals surface area contributed by atoms with E-state index in [1.54, 1.807) is 50.5 Å². The van der Waals surface area contributed by atoms with Crippen LogP contribution in [0.2, 0.25) is 10.0 Å². The summed E-state index contributed by atoms with van der Waals surface area (Å²) in [4.78, 5) is 41.4. The summed E-state index contributed by atoms with van der Waals surface area (Å²) < 4.78 is 0. The Hall–Kier alpha value is -3.10. The first-order valence-electron chi connectivity index (χ1n) is 13.2. The number of hydrogen-bond donors (Lipinski definition) is 4. The highest BCUT2D eigenvalue weighted by molar-refractivity contribution is 6.42. The summed E-state index contributed by atoms with van der Waals surface area (Å²) in [6.45, 7) is 0.373. The molecule has 0 saturated heterocycles. The molecule has 3 rings (SSSR count). The van der Waals surface area contributed by atoms with E-state index in [0.29, 0.717) is 28.6 Å². The smallest absolute Gasteiger partial charge is 0.242 e. The van der Waals surface area contributed by atoms with Crippen molar-refractivity contribution in [2.24, 2.45) is 17.6 Å². The zero-order valence-electron chi connectivity index (χ0n) is 22.4. The molecule has 1 fully saturated rings. The van der Waals surface area contributed by atoms with Gasteiger partial charge < -0.3 is 21.3 Å². The van der Waals surface area contributed by atoms with Crippen LogP contribution in [0.3, 0.4) is 0 Å². The van der Waals surface area contributed by atoms with Crippen LogP contribution in [0, 0.1) is 17.2 Å². The molecule has 2 atom stereocenters. The van der Waals surface area contributed by atoms with E-state index in [-0.39, 0.29) is 30.0 Å². The summed E-state index contributed by atoms with van der Waals surface area (Å²) in [6.07, 6.45) is 5.50. The quantitative estimate of drug-likeness (QED) is 0.184. The van der Waals surface area contributed by atoms with E-state index in [1.807, 2.05) is 6.07 Å². The molecule has 0 aliphatic heterocycles. The van der Waals surface area contributed by atoms with Gasteiger partial charge in [-0.2, -0.15) is 0 Å². The van der Waals surface area contributed by atoms with E-state index in [0.717, 1.165) is 43.2 Å². The molecule has 1 saturated carbocycles. The molecule has 8 nitrogen and oxygen atoms in total. The van der Waals surface area contributed by atoms with Crippen LogP contribution in [0.25, 0.3) is 0 Å². The van der Waals surface area contributed by atoms with Crippen molar-refractivity contribution in [2.75, 3.05) is 20.6 Å². The highest BCUT2D eigenvalue weighted by atomic mass is 35.5. The average molecular weight is 575 g/mol. The maximum Gasteiger partial charge on any atom is 0.242 e. The van der Waals surface area contributed by atoms with Crippen molar-refractivity contribution in [1.82, 2.24) is 15.5 Å². The van der Waals surface area contributed by atoms with Crippen molar-refractivity contribution in [3.05, 3.63) is 69.2 Å². The Balaban J connectivity index is 1.73. The Kier molecular flexibility index (Phi) is 11.2. The highest BCUT2D eigenvalue weighted by Gasteiger charge is 2.35. The van der Waals surface area contributed by atoms with Crippen molar-refractivity contribution in [3.8, 4) is 0 Å². The molecule has 210 valence electrons. The van der Waals surface area contributed by atoms with Gasteiger partial charge in [-0.3, -0.25) is 19.8 Å². The van der Waals surface area contributed by atoms with Crippen LogP contribution < -0.4 is 16.4 Å². The van der Waals surface area contributed by atoms with Gasteiger partial charge in [0.1, 0.15) is 17.8 Å². The number of amidine groups is 1. The standard InChI is InChI=1S/C29H37Cl2N5O3/c1-36(2)29(39)22(16-18-8-11-21(12-9-18)26(32)33)27(37)35-25(20-6-4-3-5-7-20)28(38)34-15-14-19-10-13-23(30)24(31)17-19/h8-13,17,20,22,25H,3-7,14-16H2,1-2H3,(H3,32,33)(H,34,38)(H,35,37)/t22?,25-/m0/s1. The molecule has 0 heterocycles. The van der Waals surface area contributed by atoms with Gasteiger partial charge in [-0.05, 0) is 54.9 Å². The van der Waals surface area contributed by atoms with E-state index >= 15 is 0 Å². The average Bonchev–Trinajstić information content (AvgIpc) is 2.92. The molecular formula is C29H37Cl2N5O3. The van der Waals surface area contributed by atoms with E-state index in [9.17, 15) is 14.4 Å². The molecule has 39 heavy (non-hydrogen) atoms. The summed E-state index contributed by atoms with van der Waals surface area (Å²) in [5, 5.41) is 14.4. The van der Waals surface area contributed by atoms with Gasteiger partial charge in [0.25, 0.3) is 0 Å². The first-order chi connectivity index (χ1) is 18.6. The van der Waals surface area contributed by atoms with Crippen molar-refractivity contribution >= 4 is 46.8 Å².